The summed E-state index contributed by atoms with van der Waals surface area (Å²) >= 11 is 3.29. The van der Waals surface area contributed by atoms with Gasteiger partial charge in [-0.25, -0.2) is 4.39 Å². The SMILES string of the molecule is CC(C)(C)C1NC(=O)CN(Cc2ccc(F)cc2Br)C1=O. The van der Waals surface area contributed by atoms with E-state index in [0.29, 0.717) is 4.47 Å². The number of amides is 2. The van der Waals surface area contributed by atoms with Gasteiger partial charge in [0.25, 0.3) is 0 Å². The second kappa shape index (κ2) is 5.75. The van der Waals surface area contributed by atoms with E-state index in [4.69, 9.17) is 0 Å². The van der Waals surface area contributed by atoms with Crippen molar-refractivity contribution in [1.29, 1.82) is 0 Å². The Kier molecular flexibility index (Phi) is 4.37. The van der Waals surface area contributed by atoms with Crippen LogP contribution in [0.4, 0.5) is 4.39 Å². The highest BCUT2D eigenvalue weighted by atomic mass is 79.9. The molecule has 114 valence electrons. The van der Waals surface area contributed by atoms with Gasteiger partial charge in [0, 0.05) is 11.0 Å². The molecule has 0 spiro atoms. The summed E-state index contributed by atoms with van der Waals surface area (Å²) in [4.78, 5) is 25.9. The van der Waals surface area contributed by atoms with E-state index in [1.54, 1.807) is 6.07 Å². The third kappa shape index (κ3) is 3.61. The lowest BCUT2D eigenvalue weighted by molar-refractivity contribution is -0.147. The zero-order chi connectivity index (χ0) is 15.8. The van der Waals surface area contributed by atoms with E-state index < -0.39 is 6.04 Å². The normalized spacial score (nSPS) is 19.7. The van der Waals surface area contributed by atoms with Gasteiger partial charge in [0.2, 0.25) is 11.8 Å². The summed E-state index contributed by atoms with van der Waals surface area (Å²) in [5.74, 6) is -0.632. The lowest BCUT2D eigenvalue weighted by Crippen LogP contribution is -2.61. The average molecular weight is 357 g/mol. The molecule has 1 atom stereocenters. The Labute approximate surface area is 131 Å². The van der Waals surface area contributed by atoms with Crippen LogP contribution in [-0.2, 0) is 16.1 Å². The number of hydrogen-bond donors (Lipinski definition) is 1. The number of carbonyl (C=O) groups is 2. The van der Waals surface area contributed by atoms with Crippen molar-refractivity contribution in [3.8, 4) is 0 Å². The van der Waals surface area contributed by atoms with Crippen LogP contribution >= 0.6 is 15.9 Å². The van der Waals surface area contributed by atoms with Crippen LogP contribution in [0.3, 0.4) is 0 Å². The quantitative estimate of drug-likeness (QED) is 0.884. The second-order valence-corrected chi connectivity index (χ2v) is 7.15. The highest BCUT2D eigenvalue weighted by Crippen LogP contribution is 2.25. The van der Waals surface area contributed by atoms with Crippen molar-refractivity contribution in [2.75, 3.05) is 6.54 Å². The van der Waals surface area contributed by atoms with E-state index in [0.717, 1.165) is 5.56 Å². The summed E-state index contributed by atoms with van der Waals surface area (Å²) in [7, 11) is 0. The van der Waals surface area contributed by atoms with Gasteiger partial charge in [0.1, 0.15) is 11.9 Å². The smallest absolute Gasteiger partial charge is 0.246 e. The molecule has 0 bridgehead atoms. The molecule has 1 aliphatic rings. The number of carbonyl (C=O) groups excluding carboxylic acids is 2. The first-order chi connectivity index (χ1) is 9.68. The Morgan fingerprint density at radius 1 is 1.38 bits per heavy atom. The molecule has 2 rings (SSSR count). The van der Waals surface area contributed by atoms with Gasteiger partial charge in [-0.3, -0.25) is 9.59 Å². The number of halogens is 2. The maximum Gasteiger partial charge on any atom is 0.246 e. The van der Waals surface area contributed by atoms with Crippen molar-refractivity contribution < 1.29 is 14.0 Å². The van der Waals surface area contributed by atoms with Gasteiger partial charge >= 0.3 is 0 Å². The Hall–Kier alpha value is -1.43. The summed E-state index contributed by atoms with van der Waals surface area (Å²) in [5, 5.41) is 2.74. The molecule has 1 aliphatic heterocycles. The van der Waals surface area contributed by atoms with Gasteiger partial charge in [-0.2, -0.15) is 0 Å². The lowest BCUT2D eigenvalue weighted by atomic mass is 9.84. The minimum Gasteiger partial charge on any atom is -0.342 e. The standard InChI is InChI=1S/C15H18BrFN2O2/c1-15(2,3)13-14(21)19(8-12(20)18-13)7-9-4-5-10(17)6-11(9)16/h4-6,13H,7-8H2,1-3H3,(H,18,20). The summed E-state index contributed by atoms with van der Waals surface area (Å²) in [6.07, 6.45) is 0. The minimum atomic E-state index is -0.544. The van der Waals surface area contributed by atoms with E-state index in [1.807, 2.05) is 20.8 Å². The average Bonchev–Trinajstić information content (AvgIpc) is 2.35. The maximum atomic E-state index is 13.1. The fourth-order valence-electron chi connectivity index (χ4n) is 2.28. The van der Waals surface area contributed by atoms with Gasteiger partial charge < -0.3 is 10.2 Å². The van der Waals surface area contributed by atoms with Crippen molar-refractivity contribution >= 4 is 27.7 Å². The predicted octanol–water partition coefficient (Wildman–Crippen LogP) is 2.46. The van der Waals surface area contributed by atoms with E-state index in [2.05, 4.69) is 21.2 Å². The monoisotopic (exact) mass is 356 g/mol. The third-order valence-corrected chi connectivity index (χ3v) is 4.18. The highest BCUT2D eigenvalue weighted by molar-refractivity contribution is 9.10. The molecule has 1 aromatic carbocycles. The van der Waals surface area contributed by atoms with Crippen LogP contribution in [0.1, 0.15) is 26.3 Å². The largest absolute Gasteiger partial charge is 0.342 e. The molecule has 0 radical (unpaired) electrons. The van der Waals surface area contributed by atoms with Crippen molar-refractivity contribution in [2.45, 2.75) is 33.4 Å². The molecular weight excluding hydrogens is 339 g/mol. The fourth-order valence-corrected chi connectivity index (χ4v) is 2.75. The van der Waals surface area contributed by atoms with Crippen LogP contribution in [0.2, 0.25) is 0 Å². The molecule has 1 unspecified atom stereocenters. The molecule has 0 aliphatic carbocycles. The molecule has 0 saturated carbocycles. The molecule has 4 nitrogen and oxygen atoms in total. The number of hydrogen-bond acceptors (Lipinski definition) is 2. The van der Waals surface area contributed by atoms with E-state index in [-0.39, 0.29) is 36.1 Å². The maximum absolute atomic E-state index is 13.1. The first-order valence-electron chi connectivity index (χ1n) is 6.70. The van der Waals surface area contributed by atoms with Gasteiger partial charge in [-0.05, 0) is 23.1 Å². The van der Waals surface area contributed by atoms with E-state index >= 15 is 0 Å². The third-order valence-electron chi connectivity index (χ3n) is 3.44. The molecule has 1 heterocycles. The van der Waals surface area contributed by atoms with Crippen LogP contribution in [0.25, 0.3) is 0 Å². The minimum absolute atomic E-state index is 0.0230. The molecule has 6 heteroatoms. The zero-order valence-corrected chi connectivity index (χ0v) is 13.8. The first-order valence-corrected chi connectivity index (χ1v) is 7.50. The Morgan fingerprint density at radius 2 is 2.05 bits per heavy atom. The first kappa shape index (κ1) is 15.9. The number of nitrogens with zero attached hydrogens (tertiary/aromatic N) is 1. The van der Waals surface area contributed by atoms with Crippen molar-refractivity contribution in [1.82, 2.24) is 10.2 Å². The zero-order valence-electron chi connectivity index (χ0n) is 12.2. The van der Waals surface area contributed by atoms with Crippen LogP contribution in [0, 0.1) is 11.2 Å². The van der Waals surface area contributed by atoms with Crippen LogP contribution < -0.4 is 5.32 Å². The summed E-state index contributed by atoms with van der Waals surface area (Å²) in [6, 6.07) is 3.77. The van der Waals surface area contributed by atoms with Crippen LogP contribution in [-0.4, -0.2) is 29.3 Å². The molecule has 1 fully saturated rings. The van der Waals surface area contributed by atoms with Gasteiger partial charge in [0.15, 0.2) is 0 Å². The number of rotatable bonds is 2. The molecule has 1 saturated heterocycles. The lowest BCUT2D eigenvalue weighted by Gasteiger charge is -2.39. The predicted molar refractivity (Wildman–Crippen MR) is 80.9 cm³/mol. The van der Waals surface area contributed by atoms with E-state index in [9.17, 15) is 14.0 Å². The second-order valence-electron chi connectivity index (χ2n) is 6.30. The molecule has 1 N–H and O–H groups in total. The fraction of sp³-hybridized carbons (Fsp3) is 0.467. The molecule has 2 amide bonds. The number of nitrogens with one attached hydrogen (secondary N) is 1. The highest BCUT2D eigenvalue weighted by Gasteiger charge is 2.39. The molecule has 21 heavy (non-hydrogen) atoms. The van der Waals surface area contributed by atoms with Crippen molar-refractivity contribution in [3.63, 3.8) is 0 Å². The molecule has 1 aromatic rings. The van der Waals surface area contributed by atoms with Crippen LogP contribution in [0.5, 0.6) is 0 Å². The Morgan fingerprint density at radius 3 is 2.62 bits per heavy atom. The summed E-state index contributed by atoms with van der Waals surface area (Å²) in [5.41, 5.74) is 0.415. The topological polar surface area (TPSA) is 49.4 Å². The van der Waals surface area contributed by atoms with Gasteiger partial charge in [-0.15, -0.1) is 0 Å². The molecular formula is C15H18BrFN2O2. The van der Waals surface area contributed by atoms with Crippen LogP contribution in [0.15, 0.2) is 22.7 Å². The summed E-state index contributed by atoms with van der Waals surface area (Å²) in [6.45, 7) is 6.03. The van der Waals surface area contributed by atoms with Crippen molar-refractivity contribution in [3.05, 3.63) is 34.1 Å². The Bertz CT molecular complexity index is 584. The summed E-state index contributed by atoms with van der Waals surface area (Å²) < 4.78 is 13.7. The number of piperazine rings is 1. The number of benzene rings is 1. The Balaban J connectivity index is 2.22. The van der Waals surface area contributed by atoms with Crippen molar-refractivity contribution in [2.24, 2.45) is 5.41 Å². The molecule has 0 aromatic heterocycles. The van der Waals surface area contributed by atoms with Gasteiger partial charge in [0.05, 0.1) is 6.54 Å². The van der Waals surface area contributed by atoms with E-state index in [1.165, 1.54) is 17.0 Å². The van der Waals surface area contributed by atoms with Gasteiger partial charge in [-0.1, -0.05) is 42.8 Å².